The summed E-state index contributed by atoms with van der Waals surface area (Å²) in [6.45, 7) is 7.33. The first-order chi connectivity index (χ1) is 12.3. The molecular formula is C20H23NO4S. The molecule has 6 heteroatoms. The lowest BCUT2D eigenvalue weighted by Gasteiger charge is -2.19. The van der Waals surface area contributed by atoms with Crippen molar-refractivity contribution in [2.24, 2.45) is 0 Å². The topological polar surface area (TPSA) is 64.6 Å². The highest BCUT2D eigenvalue weighted by Gasteiger charge is 2.23. The molecule has 0 radical (unpaired) electrons. The summed E-state index contributed by atoms with van der Waals surface area (Å²) in [6, 6.07) is 9.75. The summed E-state index contributed by atoms with van der Waals surface area (Å²) in [7, 11) is 0. The van der Waals surface area contributed by atoms with Gasteiger partial charge >= 0.3 is 12.1 Å². The Labute approximate surface area is 157 Å². The van der Waals surface area contributed by atoms with Gasteiger partial charge in [-0.05, 0) is 33.3 Å². The van der Waals surface area contributed by atoms with E-state index >= 15 is 0 Å². The Morgan fingerprint density at radius 3 is 2.46 bits per heavy atom. The molecule has 1 amide bonds. The second kappa shape index (κ2) is 8.67. The standard InChI is InChI=1S/C20H23NO4S/c1-5-24-18(22)16-15(12-11-14-9-7-6-8-10-14)13-26-17(16)21-19(23)25-20(2,3)4/h6-13H,5H2,1-4H3,(H,21,23)/b12-11+. The fourth-order valence-electron chi connectivity index (χ4n) is 2.15. The van der Waals surface area contributed by atoms with E-state index in [1.807, 2.05) is 42.5 Å². The maximum atomic E-state index is 12.4. The number of rotatable bonds is 5. The van der Waals surface area contributed by atoms with Gasteiger partial charge in [-0.15, -0.1) is 11.3 Å². The minimum atomic E-state index is -0.624. The number of carbonyl (C=O) groups excluding carboxylic acids is 2. The maximum Gasteiger partial charge on any atom is 0.412 e. The average Bonchev–Trinajstić information content (AvgIpc) is 2.95. The van der Waals surface area contributed by atoms with E-state index in [1.54, 1.807) is 33.1 Å². The van der Waals surface area contributed by atoms with Crippen LogP contribution in [0, 0.1) is 0 Å². The summed E-state index contributed by atoms with van der Waals surface area (Å²) in [5.74, 6) is -0.479. The number of hydrogen-bond acceptors (Lipinski definition) is 5. The average molecular weight is 373 g/mol. The van der Waals surface area contributed by atoms with Crippen LogP contribution < -0.4 is 5.32 Å². The van der Waals surface area contributed by atoms with Crippen LogP contribution in [0.3, 0.4) is 0 Å². The molecular weight excluding hydrogens is 350 g/mol. The SMILES string of the molecule is CCOC(=O)c1c(/C=C/c2ccccc2)csc1NC(=O)OC(C)(C)C. The summed E-state index contributed by atoms with van der Waals surface area (Å²) in [4.78, 5) is 24.4. The number of benzene rings is 1. The molecule has 0 saturated heterocycles. The zero-order valence-electron chi connectivity index (χ0n) is 15.4. The Kier molecular flexibility index (Phi) is 6.58. The predicted octanol–water partition coefficient (Wildman–Crippen LogP) is 5.44. The molecule has 1 N–H and O–H groups in total. The number of thiophene rings is 1. The third kappa shape index (κ3) is 5.74. The van der Waals surface area contributed by atoms with Gasteiger partial charge in [-0.2, -0.15) is 0 Å². The van der Waals surface area contributed by atoms with Crippen LogP contribution in [0.4, 0.5) is 9.80 Å². The van der Waals surface area contributed by atoms with Crippen LogP contribution in [0.5, 0.6) is 0 Å². The quantitative estimate of drug-likeness (QED) is 0.709. The van der Waals surface area contributed by atoms with Crippen LogP contribution >= 0.6 is 11.3 Å². The number of anilines is 1. The van der Waals surface area contributed by atoms with Crippen molar-refractivity contribution in [1.82, 2.24) is 0 Å². The predicted molar refractivity (Wildman–Crippen MR) is 106 cm³/mol. The van der Waals surface area contributed by atoms with Gasteiger partial charge in [-0.3, -0.25) is 5.32 Å². The van der Waals surface area contributed by atoms with E-state index in [-0.39, 0.29) is 6.61 Å². The van der Waals surface area contributed by atoms with Crippen LogP contribution in [0.2, 0.25) is 0 Å². The molecule has 0 spiro atoms. The summed E-state index contributed by atoms with van der Waals surface area (Å²) in [6.07, 6.45) is 3.13. The van der Waals surface area contributed by atoms with E-state index in [9.17, 15) is 9.59 Å². The van der Waals surface area contributed by atoms with Crippen LogP contribution in [-0.2, 0) is 9.47 Å². The number of amides is 1. The summed E-state index contributed by atoms with van der Waals surface area (Å²) in [5, 5.41) is 4.86. The Balaban J connectivity index is 2.28. The van der Waals surface area contributed by atoms with E-state index in [0.717, 1.165) is 5.56 Å². The highest BCUT2D eigenvalue weighted by Crippen LogP contribution is 2.31. The highest BCUT2D eigenvalue weighted by molar-refractivity contribution is 7.15. The van der Waals surface area contributed by atoms with E-state index < -0.39 is 17.7 Å². The second-order valence-electron chi connectivity index (χ2n) is 6.49. The van der Waals surface area contributed by atoms with Gasteiger partial charge in [0.15, 0.2) is 0 Å². The largest absolute Gasteiger partial charge is 0.462 e. The van der Waals surface area contributed by atoms with E-state index in [1.165, 1.54) is 11.3 Å². The summed E-state index contributed by atoms with van der Waals surface area (Å²) in [5.41, 5.74) is 1.40. The third-order valence-electron chi connectivity index (χ3n) is 3.17. The number of esters is 1. The lowest BCUT2D eigenvalue weighted by Crippen LogP contribution is -2.27. The summed E-state index contributed by atoms with van der Waals surface area (Å²) >= 11 is 1.26. The first kappa shape index (κ1) is 19.7. The molecule has 0 bridgehead atoms. The van der Waals surface area contributed by atoms with Gasteiger partial charge in [0.1, 0.15) is 16.2 Å². The molecule has 1 aromatic heterocycles. The Bertz CT molecular complexity index is 788. The molecule has 0 saturated carbocycles. The molecule has 26 heavy (non-hydrogen) atoms. The minimum Gasteiger partial charge on any atom is -0.462 e. The van der Waals surface area contributed by atoms with Gasteiger partial charge in [0.25, 0.3) is 0 Å². The van der Waals surface area contributed by atoms with Crippen molar-refractivity contribution in [2.45, 2.75) is 33.3 Å². The van der Waals surface area contributed by atoms with Crippen molar-refractivity contribution in [3.63, 3.8) is 0 Å². The van der Waals surface area contributed by atoms with Gasteiger partial charge in [-0.25, -0.2) is 9.59 Å². The second-order valence-corrected chi connectivity index (χ2v) is 7.37. The van der Waals surface area contributed by atoms with Crippen LogP contribution in [0.1, 0.15) is 49.2 Å². The van der Waals surface area contributed by atoms with Crippen LogP contribution in [-0.4, -0.2) is 24.3 Å². The molecule has 0 aliphatic rings. The Morgan fingerprint density at radius 1 is 1.15 bits per heavy atom. The molecule has 0 unspecified atom stereocenters. The number of carbonyl (C=O) groups is 2. The number of nitrogens with one attached hydrogen (secondary N) is 1. The zero-order chi connectivity index (χ0) is 19.2. The number of hydrogen-bond donors (Lipinski definition) is 1. The molecule has 0 aliphatic heterocycles. The first-order valence-electron chi connectivity index (χ1n) is 8.32. The Hall–Kier alpha value is -2.60. The van der Waals surface area contributed by atoms with Crippen LogP contribution in [0.15, 0.2) is 35.7 Å². The molecule has 2 rings (SSSR count). The maximum absolute atomic E-state index is 12.4. The van der Waals surface area contributed by atoms with Gasteiger partial charge in [0.2, 0.25) is 0 Å². The van der Waals surface area contributed by atoms with Crippen molar-refractivity contribution < 1.29 is 19.1 Å². The smallest absolute Gasteiger partial charge is 0.412 e. The van der Waals surface area contributed by atoms with Gasteiger partial charge in [0, 0.05) is 10.9 Å². The van der Waals surface area contributed by atoms with E-state index in [2.05, 4.69) is 5.32 Å². The molecule has 0 fully saturated rings. The molecule has 2 aromatic rings. The minimum absolute atomic E-state index is 0.252. The van der Waals surface area contributed by atoms with Crippen molar-refractivity contribution in [2.75, 3.05) is 11.9 Å². The fourth-order valence-corrected chi connectivity index (χ4v) is 3.05. The number of ether oxygens (including phenoxy) is 2. The Morgan fingerprint density at radius 2 is 1.85 bits per heavy atom. The normalized spacial score (nSPS) is 11.4. The monoisotopic (exact) mass is 373 g/mol. The van der Waals surface area contributed by atoms with Gasteiger partial charge in [-0.1, -0.05) is 42.5 Å². The van der Waals surface area contributed by atoms with Gasteiger partial charge in [0.05, 0.1) is 6.61 Å². The zero-order valence-corrected chi connectivity index (χ0v) is 16.2. The van der Waals surface area contributed by atoms with Crippen molar-refractivity contribution in [3.05, 3.63) is 52.4 Å². The molecule has 1 aromatic carbocycles. The molecule has 0 atom stereocenters. The lowest BCUT2D eigenvalue weighted by molar-refractivity contribution is 0.0528. The third-order valence-corrected chi connectivity index (χ3v) is 4.08. The highest BCUT2D eigenvalue weighted by atomic mass is 32.1. The summed E-state index contributed by atoms with van der Waals surface area (Å²) < 4.78 is 10.4. The van der Waals surface area contributed by atoms with Crippen LogP contribution in [0.25, 0.3) is 12.2 Å². The lowest BCUT2D eigenvalue weighted by atomic mass is 10.1. The fraction of sp³-hybridized carbons (Fsp3) is 0.300. The molecule has 1 heterocycles. The van der Waals surface area contributed by atoms with Crippen molar-refractivity contribution in [3.8, 4) is 0 Å². The van der Waals surface area contributed by atoms with Crippen molar-refractivity contribution in [1.29, 1.82) is 0 Å². The van der Waals surface area contributed by atoms with Crippen molar-refractivity contribution >= 4 is 40.6 Å². The molecule has 5 nitrogen and oxygen atoms in total. The van der Waals surface area contributed by atoms with E-state index in [4.69, 9.17) is 9.47 Å². The first-order valence-corrected chi connectivity index (χ1v) is 9.20. The van der Waals surface area contributed by atoms with E-state index in [0.29, 0.717) is 16.1 Å². The molecule has 138 valence electrons. The molecule has 0 aliphatic carbocycles. The van der Waals surface area contributed by atoms with Gasteiger partial charge < -0.3 is 9.47 Å².